The average molecular weight is 357 g/mol. The number of aromatic nitrogens is 4. The number of ether oxygens (including phenoxy) is 1. The molecule has 0 spiro atoms. The summed E-state index contributed by atoms with van der Waals surface area (Å²) < 4.78 is 7.18. The average Bonchev–Trinajstić information content (AvgIpc) is 3.06. The predicted molar refractivity (Wildman–Crippen MR) is 96.8 cm³/mol. The summed E-state index contributed by atoms with van der Waals surface area (Å²) in [5.74, 6) is 3.03. The largest absolute Gasteiger partial charge is 0.377 e. The summed E-state index contributed by atoms with van der Waals surface area (Å²) in [6.45, 7) is 6.11. The molecular formula is C19H27N5O2. The molecule has 7 nitrogen and oxygen atoms in total. The van der Waals surface area contributed by atoms with Crippen molar-refractivity contribution in [3.8, 4) is 0 Å². The molecule has 1 aliphatic carbocycles. The van der Waals surface area contributed by atoms with E-state index in [0.717, 1.165) is 23.9 Å². The van der Waals surface area contributed by atoms with E-state index in [1.54, 1.807) is 7.11 Å². The highest BCUT2D eigenvalue weighted by Crippen LogP contribution is 2.47. The van der Waals surface area contributed by atoms with Crippen molar-refractivity contribution in [1.29, 1.82) is 0 Å². The molecule has 0 bridgehead atoms. The van der Waals surface area contributed by atoms with Gasteiger partial charge in [-0.3, -0.25) is 9.89 Å². The standard InChI is InChI=1S/C19H27N5O2/c1-12(2)24-8-4-5-16(24)19(25)23-9-14(13-6-7-13)15(10-23)18-20-17(11-26-3)21-22-18/h4-5,8,12-15H,6-7,9-11H2,1-3H3,(H,20,21,22)/t14-,15+/m1/s1. The lowest BCUT2D eigenvalue weighted by Crippen LogP contribution is -2.31. The van der Waals surface area contributed by atoms with E-state index in [2.05, 4.69) is 29.0 Å². The van der Waals surface area contributed by atoms with Gasteiger partial charge in [-0.25, -0.2) is 4.98 Å². The number of methoxy groups -OCH3 is 1. The smallest absolute Gasteiger partial charge is 0.270 e. The van der Waals surface area contributed by atoms with Crippen molar-refractivity contribution in [3.63, 3.8) is 0 Å². The highest BCUT2D eigenvalue weighted by atomic mass is 16.5. The molecule has 4 rings (SSSR count). The number of carbonyl (C=O) groups is 1. The quantitative estimate of drug-likeness (QED) is 0.862. The zero-order valence-electron chi connectivity index (χ0n) is 15.7. The topological polar surface area (TPSA) is 76.0 Å². The van der Waals surface area contributed by atoms with Gasteiger partial charge in [0.15, 0.2) is 11.6 Å². The second-order valence-electron chi connectivity index (χ2n) is 7.79. The fourth-order valence-corrected chi connectivity index (χ4v) is 4.13. The van der Waals surface area contributed by atoms with Crippen LogP contribution in [0, 0.1) is 11.8 Å². The predicted octanol–water partition coefficient (Wildman–Crippen LogP) is 2.60. The third-order valence-corrected chi connectivity index (χ3v) is 5.60. The van der Waals surface area contributed by atoms with Crippen LogP contribution in [0.15, 0.2) is 18.3 Å². The van der Waals surface area contributed by atoms with Gasteiger partial charge in [0.05, 0.1) is 0 Å². The van der Waals surface area contributed by atoms with Crippen molar-refractivity contribution in [1.82, 2.24) is 24.6 Å². The molecule has 2 aromatic heterocycles. The van der Waals surface area contributed by atoms with Crippen LogP contribution < -0.4 is 0 Å². The monoisotopic (exact) mass is 357 g/mol. The van der Waals surface area contributed by atoms with E-state index in [1.165, 1.54) is 12.8 Å². The van der Waals surface area contributed by atoms with Crippen molar-refractivity contribution in [2.24, 2.45) is 11.8 Å². The normalized spacial score (nSPS) is 23.2. The van der Waals surface area contributed by atoms with Crippen LogP contribution in [0.2, 0.25) is 0 Å². The van der Waals surface area contributed by atoms with Crippen LogP contribution in [-0.2, 0) is 11.3 Å². The van der Waals surface area contributed by atoms with Crippen molar-refractivity contribution in [2.75, 3.05) is 20.2 Å². The maximum Gasteiger partial charge on any atom is 0.270 e. The zero-order valence-corrected chi connectivity index (χ0v) is 15.7. The molecule has 2 atom stereocenters. The number of amides is 1. The molecule has 2 fully saturated rings. The van der Waals surface area contributed by atoms with Crippen molar-refractivity contribution in [3.05, 3.63) is 35.7 Å². The number of nitrogens with zero attached hydrogens (tertiary/aromatic N) is 4. The lowest BCUT2D eigenvalue weighted by atomic mass is 9.91. The first-order valence-electron chi connectivity index (χ1n) is 9.44. The molecule has 2 aliphatic rings. The maximum absolute atomic E-state index is 13.1. The van der Waals surface area contributed by atoms with E-state index in [-0.39, 0.29) is 17.9 Å². The van der Waals surface area contributed by atoms with Gasteiger partial charge < -0.3 is 14.2 Å². The van der Waals surface area contributed by atoms with E-state index in [4.69, 9.17) is 4.74 Å². The Labute approximate surface area is 153 Å². The summed E-state index contributed by atoms with van der Waals surface area (Å²) in [6, 6.07) is 4.14. The Bertz CT molecular complexity index is 776. The number of likely N-dealkylation sites (tertiary alicyclic amines) is 1. The minimum absolute atomic E-state index is 0.115. The molecule has 0 unspecified atom stereocenters. The van der Waals surface area contributed by atoms with E-state index >= 15 is 0 Å². The molecule has 3 heterocycles. The second kappa shape index (κ2) is 6.87. The Balaban J connectivity index is 1.55. The van der Waals surface area contributed by atoms with E-state index in [9.17, 15) is 4.79 Å². The summed E-state index contributed by atoms with van der Waals surface area (Å²) in [6.07, 6.45) is 4.48. The number of hydrogen-bond donors (Lipinski definition) is 1. The van der Waals surface area contributed by atoms with Gasteiger partial charge in [0.1, 0.15) is 12.3 Å². The Hall–Kier alpha value is -2.15. The van der Waals surface area contributed by atoms with Gasteiger partial charge in [0.2, 0.25) is 0 Å². The highest BCUT2D eigenvalue weighted by Gasteiger charge is 2.46. The lowest BCUT2D eigenvalue weighted by Gasteiger charge is -2.19. The molecular weight excluding hydrogens is 330 g/mol. The summed E-state index contributed by atoms with van der Waals surface area (Å²) >= 11 is 0. The number of rotatable bonds is 6. The molecule has 1 saturated heterocycles. The minimum atomic E-state index is 0.115. The molecule has 1 N–H and O–H groups in total. The number of carbonyl (C=O) groups excluding carboxylic acids is 1. The van der Waals surface area contributed by atoms with Crippen molar-refractivity contribution in [2.45, 2.75) is 45.3 Å². The van der Waals surface area contributed by atoms with Gasteiger partial charge in [-0.05, 0) is 50.7 Å². The summed E-state index contributed by atoms with van der Waals surface area (Å²) in [5, 5.41) is 7.39. The first kappa shape index (κ1) is 17.3. The van der Waals surface area contributed by atoms with Gasteiger partial charge in [0, 0.05) is 38.4 Å². The zero-order chi connectivity index (χ0) is 18.3. The van der Waals surface area contributed by atoms with Crippen LogP contribution in [0.4, 0.5) is 0 Å². The number of H-pyrrole nitrogens is 1. The Morgan fingerprint density at radius 2 is 2.19 bits per heavy atom. The Morgan fingerprint density at radius 3 is 2.88 bits per heavy atom. The third kappa shape index (κ3) is 3.16. The molecule has 140 valence electrons. The first-order valence-corrected chi connectivity index (χ1v) is 9.44. The number of aromatic amines is 1. The fraction of sp³-hybridized carbons (Fsp3) is 0.632. The Morgan fingerprint density at radius 1 is 1.38 bits per heavy atom. The molecule has 0 aromatic carbocycles. The van der Waals surface area contributed by atoms with Crippen molar-refractivity contribution < 1.29 is 9.53 Å². The third-order valence-electron chi connectivity index (χ3n) is 5.60. The van der Waals surface area contributed by atoms with Crippen LogP contribution in [0.25, 0.3) is 0 Å². The molecule has 2 aromatic rings. The fourth-order valence-electron chi connectivity index (χ4n) is 4.13. The van der Waals surface area contributed by atoms with Crippen LogP contribution >= 0.6 is 0 Å². The molecule has 1 saturated carbocycles. The van der Waals surface area contributed by atoms with Crippen LogP contribution in [0.5, 0.6) is 0 Å². The second-order valence-corrected chi connectivity index (χ2v) is 7.79. The van der Waals surface area contributed by atoms with Gasteiger partial charge in [-0.2, -0.15) is 5.10 Å². The first-order chi connectivity index (χ1) is 12.6. The van der Waals surface area contributed by atoms with Crippen LogP contribution in [0.1, 0.15) is 60.8 Å². The number of hydrogen-bond acceptors (Lipinski definition) is 4. The van der Waals surface area contributed by atoms with E-state index < -0.39 is 0 Å². The Kier molecular flexibility index (Phi) is 4.56. The van der Waals surface area contributed by atoms with E-state index in [0.29, 0.717) is 25.0 Å². The summed E-state index contributed by atoms with van der Waals surface area (Å²) in [4.78, 5) is 19.7. The molecule has 1 aliphatic heterocycles. The summed E-state index contributed by atoms with van der Waals surface area (Å²) in [5.41, 5.74) is 0.769. The highest BCUT2D eigenvalue weighted by molar-refractivity contribution is 5.93. The van der Waals surface area contributed by atoms with Gasteiger partial charge >= 0.3 is 0 Å². The van der Waals surface area contributed by atoms with Gasteiger partial charge in [0.25, 0.3) is 5.91 Å². The van der Waals surface area contributed by atoms with Crippen LogP contribution in [0.3, 0.4) is 0 Å². The molecule has 0 radical (unpaired) electrons. The molecule has 26 heavy (non-hydrogen) atoms. The minimum Gasteiger partial charge on any atom is -0.377 e. The summed E-state index contributed by atoms with van der Waals surface area (Å²) in [7, 11) is 1.65. The lowest BCUT2D eigenvalue weighted by molar-refractivity contribution is 0.0772. The van der Waals surface area contributed by atoms with E-state index in [1.807, 2.05) is 27.8 Å². The van der Waals surface area contributed by atoms with Crippen molar-refractivity contribution >= 4 is 5.91 Å². The molecule has 1 amide bonds. The van der Waals surface area contributed by atoms with Gasteiger partial charge in [-0.15, -0.1) is 0 Å². The SMILES string of the molecule is COCc1nc([C@H]2CN(C(=O)c3cccn3C(C)C)C[C@@H]2C2CC2)n[nH]1. The number of nitrogens with one attached hydrogen (secondary N) is 1. The van der Waals surface area contributed by atoms with Gasteiger partial charge in [-0.1, -0.05) is 0 Å². The van der Waals surface area contributed by atoms with Crippen LogP contribution in [-0.4, -0.2) is 50.8 Å². The molecule has 7 heteroatoms. The maximum atomic E-state index is 13.1.